The molecule has 1 aliphatic rings. The van der Waals surface area contributed by atoms with Crippen molar-refractivity contribution < 1.29 is 19.1 Å². The summed E-state index contributed by atoms with van der Waals surface area (Å²) in [6.07, 6.45) is 2.83. The molecule has 0 unspecified atom stereocenters. The number of nitrogens with zero attached hydrogens (tertiary/aromatic N) is 4. The van der Waals surface area contributed by atoms with Crippen molar-refractivity contribution in [1.29, 1.82) is 0 Å². The van der Waals surface area contributed by atoms with Crippen molar-refractivity contribution in [3.63, 3.8) is 0 Å². The van der Waals surface area contributed by atoms with Crippen LogP contribution >= 0.6 is 0 Å². The van der Waals surface area contributed by atoms with Crippen LogP contribution in [-0.4, -0.2) is 67.1 Å². The third-order valence-electron chi connectivity index (χ3n) is 6.09. The zero-order chi connectivity index (χ0) is 27.1. The zero-order valence-electron chi connectivity index (χ0n) is 21.7. The Bertz CT molecular complexity index is 1320. The standard InChI is InChI=1S/C27H31N7O4/c1-5-26(36)29-19-6-9-23(37-3)22(16-19)31-27-28-11-10-25(32-27)30-21-8-7-20(17-24(21)38-4)34-14-12-33(13-15-34)18(2)35/h5-11,16-17H,1,12-15H2,2-4H3,(H,29,36)(H2,28,30,31,32). The molecule has 11 nitrogen and oxygen atoms in total. The van der Waals surface area contributed by atoms with Crippen LogP contribution in [0.3, 0.4) is 0 Å². The van der Waals surface area contributed by atoms with E-state index in [2.05, 4.69) is 37.4 Å². The highest BCUT2D eigenvalue weighted by atomic mass is 16.5. The van der Waals surface area contributed by atoms with E-state index in [9.17, 15) is 9.59 Å². The summed E-state index contributed by atoms with van der Waals surface area (Å²) < 4.78 is 11.1. The third kappa shape index (κ3) is 6.30. The lowest BCUT2D eigenvalue weighted by molar-refractivity contribution is -0.129. The van der Waals surface area contributed by atoms with Gasteiger partial charge in [0, 0.05) is 56.7 Å². The fourth-order valence-corrected chi connectivity index (χ4v) is 4.08. The molecule has 1 fully saturated rings. The van der Waals surface area contributed by atoms with Crippen molar-refractivity contribution in [3.8, 4) is 11.5 Å². The topological polar surface area (TPSA) is 121 Å². The number of nitrogens with one attached hydrogen (secondary N) is 3. The molecule has 1 aliphatic heterocycles. The number of anilines is 6. The molecule has 3 aromatic rings. The van der Waals surface area contributed by atoms with Crippen molar-refractivity contribution in [2.75, 3.05) is 61.2 Å². The number of rotatable bonds is 9. The number of aromatic nitrogens is 2. The fourth-order valence-electron chi connectivity index (χ4n) is 4.08. The third-order valence-corrected chi connectivity index (χ3v) is 6.09. The molecule has 38 heavy (non-hydrogen) atoms. The van der Waals surface area contributed by atoms with Gasteiger partial charge in [0.25, 0.3) is 0 Å². The molecule has 2 aromatic carbocycles. The molecule has 0 spiro atoms. The zero-order valence-corrected chi connectivity index (χ0v) is 21.7. The van der Waals surface area contributed by atoms with Crippen LogP contribution in [0, 0.1) is 0 Å². The first-order valence-corrected chi connectivity index (χ1v) is 12.1. The number of hydrogen-bond acceptors (Lipinski definition) is 9. The van der Waals surface area contributed by atoms with Crippen LogP contribution in [0.1, 0.15) is 6.92 Å². The molecule has 4 rings (SSSR count). The number of piperazine rings is 1. The van der Waals surface area contributed by atoms with E-state index in [-0.39, 0.29) is 11.8 Å². The van der Waals surface area contributed by atoms with Crippen molar-refractivity contribution in [1.82, 2.24) is 14.9 Å². The molecule has 0 atom stereocenters. The van der Waals surface area contributed by atoms with E-state index in [4.69, 9.17) is 9.47 Å². The van der Waals surface area contributed by atoms with Crippen LogP contribution < -0.4 is 30.3 Å². The van der Waals surface area contributed by atoms with Gasteiger partial charge in [-0.25, -0.2) is 4.98 Å². The number of benzene rings is 2. The van der Waals surface area contributed by atoms with Crippen LogP contribution in [0.5, 0.6) is 11.5 Å². The van der Waals surface area contributed by atoms with E-state index in [0.29, 0.717) is 47.7 Å². The molecular formula is C27H31N7O4. The number of ether oxygens (including phenoxy) is 2. The SMILES string of the molecule is C=CC(=O)Nc1ccc(OC)c(Nc2nccc(Nc3ccc(N4CCN(C(C)=O)CC4)cc3OC)n2)c1. The van der Waals surface area contributed by atoms with Gasteiger partial charge in [0.05, 0.1) is 25.6 Å². The van der Waals surface area contributed by atoms with Gasteiger partial charge >= 0.3 is 0 Å². The van der Waals surface area contributed by atoms with Gasteiger partial charge in [-0.05, 0) is 42.5 Å². The summed E-state index contributed by atoms with van der Waals surface area (Å²) in [4.78, 5) is 36.3. The average molecular weight is 518 g/mol. The van der Waals surface area contributed by atoms with Gasteiger partial charge in [0.1, 0.15) is 17.3 Å². The maximum atomic E-state index is 11.7. The molecule has 0 aliphatic carbocycles. The Morgan fingerprint density at radius 2 is 1.71 bits per heavy atom. The molecule has 3 N–H and O–H groups in total. The van der Waals surface area contributed by atoms with E-state index in [1.54, 1.807) is 51.6 Å². The minimum absolute atomic E-state index is 0.103. The maximum Gasteiger partial charge on any atom is 0.247 e. The van der Waals surface area contributed by atoms with Gasteiger partial charge in [-0.2, -0.15) is 4.98 Å². The first kappa shape index (κ1) is 26.3. The molecule has 198 valence electrons. The maximum absolute atomic E-state index is 11.7. The normalized spacial score (nSPS) is 12.9. The lowest BCUT2D eigenvalue weighted by atomic mass is 10.2. The summed E-state index contributed by atoms with van der Waals surface area (Å²) in [6.45, 7) is 7.99. The Balaban J connectivity index is 1.49. The largest absolute Gasteiger partial charge is 0.495 e. The van der Waals surface area contributed by atoms with E-state index >= 15 is 0 Å². The molecule has 2 amide bonds. The molecule has 0 saturated carbocycles. The lowest BCUT2D eigenvalue weighted by Gasteiger charge is -2.35. The Morgan fingerprint density at radius 1 is 0.947 bits per heavy atom. The predicted molar refractivity (Wildman–Crippen MR) is 148 cm³/mol. The van der Waals surface area contributed by atoms with Crippen molar-refractivity contribution in [3.05, 3.63) is 61.3 Å². The quantitative estimate of drug-likeness (QED) is 0.364. The minimum Gasteiger partial charge on any atom is -0.495 e. The summed E-state index contributed by atoms with van der Waals surface area (Å²) in [6, 6.07) is 12.9. The molecular weight excluding hydrogens is 486 g/mol. The fraction of sp³-hybridized carbons (Fsp3) is 0.259. The number of amides is 2. The summed E-state index contributed by atoms with van der Waals surface area (Å²) in [7, 11) is 3.18. The van der Waals surface area contributed by atoms with Crippen LogP contribution in [0.15, 0.2) is 61.3 Å². The highest BCUT2D eigenvalue weighted by molar-refractivity contribution is 5.99. The monoisotopic (exact) mass is 517 g/mol. The van der Waals surface area contributed by atoms with E-state index in [1.807, 2.05) is 23.1 Å². The van der Waals surface area contributed by atoms with Crippen molar-refractivity contribution in [2.24, 2.45) is 0 Å². The summed E-state index contributed by atoms with van der Waals surface area (Å²) in [5.74, 6) is 1.90. The van der Waals surface area contributed by atoms with Gasteiger partial charge in [-0.3, -0.25) is 9.59 Å². The Labute approximate surface area is 221 Å². The summed E-state index contributed by atoms with van der Waals surface area (Å²) in [5, 5.41) is 9.15. The van der Waals surface area contributed by atoms with E-state index < -0.39 is 0 Å². The van der Waals surface area contributed by atoms with Gasteiger partial charge in [0.15, 0.2) is 0 Å². The Morgan fingerprint density at radius 3 is 2.39 bits per heavy atom. The van der Waals surface area contributed by atoms with Gasteiger partial charge < -0.3 is 35.2 Å². The van der Waals surface area contributed by atoms with Crippen molar-refractivity contribution >= 4 is 46.3 Å². The molecule has 11 heteroatoms. The highest BCUT2D eigenvalue weighted by Crippen LogP contribution is 2.33. The number of carbonyl (C=O) groups is 2. The number of hydrogen-bond donors (Lipinski definition) is 3. The van der Waals surface area contributed by atoms with Crippen molar-refractivity contribution in [2.45, 2.75) is 6.92 Å². The summed E-state index contributed by atoms with van der Waals surface area (Å²) >= 11 is 0. The molecule has 2 heterocycles. The molecule has 1 aromatic heterocycles. The first-order chi connectivity index (χ1) is 18.4. The second-order valence-corrected chi connectivity index (χ2v) is 8.50. The van der Waals surface area contributed by atoms with E-state index in [1.165, 1.54) is 6.08 Å². The first-order valence-electron chi connectivity index (χ1n) is 12.1. The van der Waals surface area contributed by atoms with Gasteiger partial charge in [-0.1, -0.05) is 6.58 Å². The Hall–Kier alpha value is -4.80. The smallest absolute Gasteiger partial charge is 0.247 e. The number of carbonyl (C=O) groups excluding carboxylic acids is 2. The summed E-state index contributed by atoms with van der Waals surface area (Å²) in [5.41, 5.74) is 2.92. The van der Waals surface area contributed by atoms with Crippen LogP contribution in [0.25, 0.3) is 0 Å². The van der Waals surface area contributed by atoms with Crippen LogP contribution in [0.4, 0.5) is 34.5 Å². The Kier molecular flexibility index (Phi) is 8.27. The predicted octanol–water partition coefficient (Wildman–Crippen LogP) is 3.77. The second-order valence-electron chi connectivity index (χ2n) is 8.50. The number of methoxy groups -OCH3 is 2. The molecule has 0 bridgehead atoms. The second kappa shape index (κ2) is 12.0. The van der Waals surface area contributed by atoms with E-state index in [0.717, 1.165) is 24.5 Å². The minimum atomic E-state index is -0.318. The lowest BCUT2D eigenvalue weighted by Crippen LogP contribution is -2.48. The van der Waals surface area contributed by atoms with Gasteiger partial charge in [-0.15, -0.1) is 0 Å². The van der Waals surface area contributed by atoms with Crippen LogP contribution in [-0.2, 0) is 9.59 Å². The highest BCUT2D eigenvalue weighted by Gasteiger charge is 2.20. The molecule has 1 saturated heterocycles. The van der Waals surface area contributed by atoms with Gasteiger partial charge in [0.2, 0.25) is 17.8 Å². The molecule has 0 radical (unpaired) electrons. The van der Waals surface area contributed by atoms with Crippen LogP contribution in [0.2, 0.25) is 0 Å². The average Bonchev–Trinajstić information content (AvgIpc) is 2.93.